The van der Waals surface area contributed by atoms with Crippen molar-refractivity contribution in [2.24, 2.45) is 11.5 Å². The van der Waals surface area contributed by atoms with Gasteiger partial charge in [0.2, 0.25) is 5.91 Å². The number of benzene rings is 1. The van der Waals surface area contributed by atoms with E-state index in [0.29, 0.717) is 24.9 Å². The molecule has 4 heterocycles. The second-order valence-corrected chi connectivity index (χ2v) is 10.2. The van der Waals surface area contributed by atoms with E-state index in [2.05, 4.69) is 26.9 Å². The Morgan fingerprint density at radius 3 is 2.36 bits per heavy atom. The lowest BCUT2D eigenvalue weighted by molar-refractivity contribution is -0.148. The molecule has 0 radical (unpaired) electrons. The van der Waals surface area contributed by atoms with Crippen LogP contribution in [0.2, 0.25) is 0 Å². The highest BCUT2D eigenvalue weighted by molar-refractivity contribution is 5.87. The van der Waals surface area contributed by atoms with Crippen molar-refractivity contribution >= 4 is 11.7 Å². The number of hydrogen-bond acceptors (Lipinski definition) is 7. The molecule has 2 aromatic rings. The summed E-state index contributed by atoms with van der Waals surface area (Å²) in [6, 6.07) is 10.7. The van der Waals surface area contributed by atoms with E-state index >= 15 is 0 Å². The number of aromatic nitrogens is 2. The Balaban J connectivity index is 1.21. The molecule has 2 atom stereocenters. The van der Waals surface area contributed by atoms with Gasteiger partial charge in [-0.1, -0.05) is 12.1 Å². The molecule has 9 heteroatoms. The summed E-state index contributed by atoms with van der Waals surface area (Å²) in [4.78, 5) is 35.8. The van der Waals surface area contributed by atoms with E-state index < -0.39 is 5.54 Å². The number of fused-ring (bicyclic) bond motifs is 1. The van der Waals surface area contributed by atoms with Crippen LogP contribution in [0.5, 0.6) is 0 Å². The molecule has 5 rings (SSSR count). The van der Waals surface area contributed by atoms with Crippen molar-refractivity contribution in [3.63, 3.8) is 0 Å². The van der Waals surface area contributed by atoms with Gasteiger partial charge >= 0.3 is 5.69 Å². The summed E-state index contributed by atoms with van der Waals surface area (Å²) in [5, 5.41) is 0. The summed E-state index contributed by atoms with van der Waals surface area (Å²) in [6.07, 6.45) is 3.87. The predicted molar refractivity (Wildman–Crippen MR) is 127 cm³/mol. The Morgan fingerprint density at radius 1 is 1.09 bits per heavy atom. The maximum Gasteiger partial charge on any atom is 0.354 e. The zero-order valence-electron chi connectivity index (χ0n) is 19.4. The number of nitrogens with zero attached hydrogens (tertiary/aromatic N) is 5. The molecule has 176 valence electrons. The standard InChI is InChI=1S/C24H33N7O2/c1-24(2,26)22(32)31-15-19-20(31)14-30(19)21-9-12-29(23(33)27-21)18-5-3-16(4-6-18)13-28-10-7-17(25)8-11-28/h3-6,9,12,17,19-20H,7-8,10-11,13-15,25-26H2,1-2H3. The molecule has 3 fully saturated rings. The van der Waals surface area contributed by atoms with Crippen molar-refractivity contribution in [3.8, 4) is 5.69 Å². The summed E-state index contributed by atoms with van der Waals surface area (Å²) >= 11 is 0. The van der Waals surface area contributed by atoms with E-state index in [1.54, 1.807) is 24.6 Å². The lowest BCUT2D eigenvalue weighted by Gasteiger charge is -2.62. The van der Waals surface area contributed by atoms with Crippen molar-refractivity contribution < 1.29 is 4.79 Å². The van der Waals surface area contributed by atoms with Crippen LogP contribution in [0.15, 0.2) is 41.3 Å². The quantitative estimate of drug-likeness (QED) is 0.672. The summed E-state index contributed by atoms with van der Waals surface area (Å²) in [5.41, 5.74) is 12.8. The minimum Gasteiger partial charge on any atom is -0.347 e. The minimum absolute atomic E-state index is 0.0286. The van der Waals surface area contributed by atoms with Gasteiger partial charge in [-0.3, -0.25) is 14.3 Å². The summed E-state index contributed by atoms with van der Waals surface area (Å²) in [6.45, 7) is 7.73. The third-order valence-corrected chi connectivity index (χ3v) is 7.16. The maximum atomic E-state index is 12.8. The Hall–Kier alpha value is -2.75. The molecule has 2 unspecified atom stereocenters. The average molecular weight is 452 g/mol. The highest BCUT2D eigenvalue weighted by Crippen LogP contribution is 2.37. The first kappa shape index (κ1) is 22.1. The van der Waals surface area contributed by atoms with Gasteiger partial charge in [0.25, 0.3) is 0 Å². The Bertz CT molecular complexity index is 1080. The number of amides is 1. The van der Waals surface area contributed by atoms with Gasteiger partial charge in [0.05, 0.1) is 23.3 Å². The number of piperazine rings is 1. The zero-order chi connectivity index (χ0) is 23.3. The molecule has 3 aliphatic heterocycles. The topological polar surface area (TPSA) is 114 Å². The number of carbonyl (C=O) groups is 1. The fraction of sp³-hybridized carbons (Fsp3) is 0.542. The van der Waals surface area contributed by atoms with Crippen LogP contribution < -0.4 is 22.1 Å². The average Bonchev–Trinajstić information content (AvgIpc) is 2.76. The maximum absolute atomic E-state index is 12.8. The first-order valence-electron chi connectivity index (χ1n) is 11.7. The lowest BCUT2D eigenvalue weighted by atomic mass is 9.83. The molecule has 1 amide bonds. The van der Waals surface area contributed by atoms with Gasteiger partial charge in [-0.25, -0.2) is 4.79 Å². The molecule has 9 nitrogen and oxygen atoms in total. The van der Waals surface area contributed by atoms with Gasteiger partial charge in [-0.05, 0) is 63.5 Å². The van der Waals surface area contributed by atoms with Crippen molar-refractivity contribution in [2.45, 2.75) is 56.9 Å². The van der Waals surface area contributed by atoms with E-state index in [1.807, 2.05) is 23.1 Å². The molecule has 0 bridgehead atoms. The van der Waals surface area contributed by atoms with E-state index in [9.17, 15) is 9.59 Å². The highest BCUT2D eigenvalue weighted by atomic mass is 16.2. The van der Waals surface area contributed by atoms with Crippen molar-refractivity contribution in [1.29, 1.82) is 0 Å². The van der Waals surface area contributed by atoms with Crippen LogP contribution in [0, 0.1) is 0 Å². The third kappa shape index (κ3) is 4.16. The number of nitrogens with two attached hydrogens (primary N) is 2. The van der Waals surface area contributed by atoms with Crippen LogP contribution in [0.1, 0.15) is 32.3 Å². The van der Waals surface area contributed by atoms with Crippen molar-refractivity contribution in [3.05, 3.63) is 52.6 Å². The van der Waals surface area contributed by atoms with Gasteiger partial charge in [0, 0.05) is 31.9 Å². The fourth-order valence-corrected chi connectivity index (χ4v) is 5.00. The van der Waals surface area contributed by atoms with Crippen LogP contribution >= 0.6 is 0 Å². The molecule has 33 heavy (non-hydrogen) atoms. The van der Waals surface area contributed by atoms with Crippen LogP contribution in [0.4, 0.5) is 5.82 Å². The number of likely N-dealkylation sites (tertiary alicyclic amines) is 2. The first-order valence-corrected chi connectivity index (χ1v) is 11.7. The SMILES string of the molecule is CC(C)(N)C(=O)N1CC2C1CN2c1ccn(-c2ccc(CN3CCC(N)CC3)cc2)c(=O)n1. The molecule has 4 N–H and O–H groups in total. The Labute approximate surface area is 194 Å². The minimum atomic E-state index is -0.860. The number of anilines is 1. The first-order chi connectivity index (χ1) is 15.7. The monoisotopic (exact) mass is 451 g/mol. The summed E-state index contributed by atoms with van der Waals surface area (Å²) in [7, 11) is 0. The number of carbonyl (C=O) groups excluding carboxylic acids is 1. The highest BCUT2D eigenvalue weighted by Gasteiger charge is 2.55. The Morgan fingerprint density at radius 2 is 1.79 bits per heavy atom. The zero-order valence-corrected chi connectivity index (χ0v) is 19.4. The van der Waals surface area contributed by atoms with Crippen LogP contribution in [-0.2, 0) is 11.3 Å². The fourth-order valence-electron chi connectivity index (χ4n) is 5.00. The lowest BCUT2D eigenvalue weighted by Crippen LogP contribution is -2.81. The molecule has 0 aliphatic carbocycles. The van der Waals surface area contributed by atoms with Crippen molar-refractivity contribution in [2.75, 3.05) is 31.1 Å². The molecule has 1 aromatic carbocycles. The largest absolute Gasteiger partial charge is 0.354 e. The molecule has 3 aliphatic rings. The van der Waals surface area contributed by atoms with E-state index in [-0.39, 0.29) is 23.7 Å². The molecular weight excluding hydrogens is 418 g/mol. The van der Waals surface area contributed by atoms with E-state index in [1.165, 1.54) is 5.56 Å². The number of piperidine rings is 1. The van der Waals surface area contributed by atoms with Gasteiger partial charge in [0.15, 0.2) is 0 Å². The van der Waals surface area contributed by atoms with Gasteiger partial charge in [-0.15, -0.1) is 0 Å². The summed E-state index contributed by atoms with van der Waals surface area (Å²) < 4.78 is 1.57. The number of hydrogen-bond donors (Lipinski definition) is 2. The molecular formula is C24H33N7O2. The summed E-state index contributed by atoms with van der Waals surface area (Å²) in [5.74, 6) is 0.635. The van der Waals surface area contributed by atoms with Gasteiger partial charge < -0.3 is 21.3 Å². The van der Waals surface area contributed by atoms with E-state index in [0.717, 1.165) is 38.2 Å². The normalized spacial score (nSPS) is 23.6. The van der Waals surface area contributed by atoms with Crippen LogP contribution in [0.25, 0.3) is 5.69 Å². The van der Waals surface area contributed by atoms with Crippen LogP contribution in [-0.4, -0.2) is 75.1 Å². The third-order valence-electron chi connectivity index (χ3n) is 7.16. The predicted octanol–water partition coefficient (Wildman–Crippen LogP) is 0.292. The molecule has 0 saturated carbocycles. The Kier molecular flexibility index (Phi) is 5.50. The van der Waals surface area contributed by atoms with Gasteiger partial charge in [0.1, 0.15) is 5.82 Å². The second kappa shape index (κ2) is 8.23. The van der Waals surface area contributed by atoms with Crippen LogP contribution in [0.3, 0.4) is 0 Å². The smallest absolute Gasteiger partial charge is 0.347 e. The molecule has 3 saturated heterocycles. The second-order valence-electron chi connectivity index (χ2n) is 10.2. The number of rotatable bonds is 5. The van der Waals surface area contributed by atoms with Crippen molar-refractivity contribution in [1.82, 2.24) is 19.4 Å². The van der Waals surface area contributed by atoms with E-state index in [4.69, 9.17) is 11.5 Å². The van der Waals surface area contributed by atoms with Gasteiger partial charge in [-0.2, -0.15) is 4.98 Å². The molecule has 1 aromatic heterocycles. The molecule has 0 spiro atoms.